The molecule has 1 unspecified atom stereocenters. The van der Waals surface area contributed by atoms with E-state index in [0.717, 1.165) is 39.8 Å². The Hall–Kier alpha value is -8.78. The molecule has 7 aromatic carbocycles. The molecule has 1 heterocycles. The third-order valence-corrected chi connectivity index (χ3v) is 13.1. The number of carbonyl (C=O) groups is 3. The number of phenolic OH excluding ortho intramolecular Hbond substituents is 1. The molecule has 14 heteroatoms. The van der Waals surface area contributed by atoms with Crippen LogP contribution in [0.5, 0.6) is 40.2 Å². The quantitative estimate of drug-likeness (QED) is 0.0200. The number of ether oxygens (including phenoxy) is 6. The number of aryl methyl sites for hydroxylation is 3. The van der Waals surface area contributed by atoms with Gasteiger partial charge in [0.05, 0.1) is 49.2 Å². The predicted molar refractivity (Wildman–Crippen MR) is 294 cm³/mol. The van der Waals surface area contributed by atoms with Crippen molar-refractivity contribution in [3.8, 4) is 62.5 Å². The molecule has 3 N–H and O–H groups in total. The first-order chi connectivity index (χ1) is 37.4. The maximum Gasteiger partial charge on any atom is 0.344 e. The third-order valence-electron chi connectivity index (χ3n) is 13.1. The van der Waals surface area contributed by atoms with E-state index in [1.165, 1.54) is 25.1 Å². The van der Waals surface area contributed by atoms with Gasteiger partial charge in [-0.1, -0.05) is 93.9 Å². The minimum atomic E-state index is -1.18. The largest absolute Gasteiger partial charge is 0.507 e. The Balaban J connectivity index is 0.997. The summed E-state index contributed by atoms with van der Waals surface area (Å²) < 4.78 is 43.4. The van der Waals surface area contributed by atoms with Gasteiger partial charge in [0, 0.05) is 47.2 Å². The number of aliphatic carboxylic acids is 1. The summed E-state index contributed by atoms with van der Waals surface area (Å²) in [5.41, 5.74) is 6.10. The lowest BCUT2D eigenvalue weighted by atomic mass is 10.00. The highest BCUT2D eigenvalue weighted by atomic mass is 16.5. The molecule has 1 aromatic heterocycles. The van der Waals surface area contributed by atoms with E-state index in [9.17, 15) is 34.5 Å². The smallest absolute Gasteiger partial charge is 0.344 e. The first-order valence-corrected chi connectivity index (χ1v) is 26.0. The summed E-state index contributed by atoms with van der Waals surface area (Å²) in [6, 6.07) is 39.2. The Morgan fingerprint density at radius 2 is 1.16 bits per heavy atom. The van der Waals surface area contributed by atoms with Gasteiger partial charge in [0.25, 0.3) is 0 Å². The Bertz CT molecular complexity index is 3440. The van der Waals surface area contributed by atoms with Gasteiger partial charge in [0.15, 0.2) is 6.10 Å². The second kappa shape index (κ2) is 25.6. The van der Waals surface area contributed by atoms with Crippen LogP contribution in [0.15, 0.2) is 143 Å². The maximum absolute atomic E-state index is 14.2. The average molecular weight is 1040 g/mol. The highest BCUT2D eigenvalue weighted by molar-refractivity contribution is 5.97. The molecule has 0 amide bonds. The van der Waals surface area contributed by atoms with Gasteiger partial charge in [-0.3, -0.25) is 9.59 Å². The zero-order valence-corrected chi connectivity index (χ0v) is 43.6. The van der Waals surface area contributed by atoms with Crippen molar-refractivity contribution >= 4 is 39.8 Å². The maximum atomic E-state index is 14.2. The normalized spacial score (nSPS) is 11.5. The number of carboxylic acids is 2. The molecule has 0 aliphatic carbocycles. The van der Waals surface area contributed by atoms with Crippen LogP contribution in [0.3, 0.4) is 0 Å². The third kappa shape index (κ3) is 13.2. The number of carbonyl (C=O) groups excluding carboxylic acids is 1. The zero-order chi connectivity index (χ0) is 54.4. The van der Waals surface area contributed by atoms with Crippen LogP contribution in [0, 0.1) is 0 Å². The molecule has 0 saturated carbocycles. The van der Waals surface area contributed by atoms with E-state index in [0.29, 0.717) is 78.6 Å². The molecule has 14 nitrogen and oxygen atoms in total. The summed E-state index contributed by atoms with van der Waals surface area (Å²) in [5, 5.41) is 30.3. The lowest BCUT2D eigenvalue weighted by Gasteiger charge is -2.18. The van der Waals surface area contributed by atoms with Crippen molar-refractivity contribution < 1.29 is 62.5 Å². The van der Waals surface area contributed by atoms with Crippen molar-refractivity contribution in [2.75, 3.05) is 26.4 Å². The minimum Gasteiger partial charge on any atom is -0.507 e. The first kappa shape index (κ1) is 54.5. The molecule has 0 aliphatic rings. The molecule has 8 aromatic rings. The Morgan fingerprint density at radius 1 is 0.571 bits per heavy atom. The SMILES string of the molecule is CCCc1c(OCCCOc2cc(OC(=O)CCc3c(OCCCOc4cc(O)c(-c5ccccc5)cc4CC)ccc4c(=O)c5cc(C(=O)O)ccc5oc34)c(-c3ccccc3)cc2CC)cccc1OC(C)C(=O)O. The van der Waals surface area contributed by atoms with E-state index in [1.54, 1.807) is 36.4 Å². The standard InChI is InChI=1S/C63H62O14/c1-5-17-45-52(22-14-23-54(45)75-39(4)62(67)68)71-30-15-33-74-57-38-58(49(35-41(57)7-3)43-20-12-9-13-21-43)76-59(65)29-26-46-53(28-25-47-60(66)50-36-44(63(69)70)24-27-55(50)77-61(46)47)72-31-16-32-73-56-37-51(64)48(34-40(56)6-2)42-18-10-8-11-19-42/h8-14,18-25,27-28,34-39,64H,5-7,15-17,26,29-33H2,1-4H3,(H,67,68)(H,69,70). The van der Waals surface area contributed by atoms with Crippen molar-refractivity contribution in [2.24, 2.45) is 0 Å². The summed E-state index contributed by atoms with van der Waals surface area (Å²) in [6.45, 7) is 8.59. The molecule has 77 heavy (non-hydrogen) atoms. The molecule has 0 bridgehead atoms. The molecule has 0 fully saturated rings. The number of hydrogen-bond acceptors (Lipinski definition) is 12. The topological polar surface area (TPSA) is 197 Å². The predicted octanol–water partition coefficient (Wildman–Crippen LogP) is 12.8. The molecule has 0 saturated heterocycles. The fourth-order valence-corrected chi connectivity index (χ4v) is 9.06. The van der Waals surface area contributed by atoms with E-state index in [-0.39, 0.29) is 71.7 Å². The van der Waals surface area contributed by atoms with E-state index < -0.39 is 29.4 Å². The molecule has 0 aliphatic heterocycles. The van der Waals surface area contributed by atoms with Crippen LogP contribution in [0.4, 0.5) is 0 Å². The van der Waals surface area contributed by atoms with Gasteiger partial charge in [-0.15, -0.1) is 0 Å². The monoisotopic (exact) mass is 1040 g/mol. The molecular formula is C63H62O14. The van der Waals surface area contributed by atoms with Crippen LogP contribution < -0.4 is 33.8 Å². The van der Waals surface area contributed by atoms with Crippen molar-refractivity contribution in [1.82, 2.24) is 0 Å². The van der Waals surface area contributed by atoms with E-state index >= 15 is 0 Å². The second-order valence-electron chi connectivity index (χ2n) is 18.4. The molecule has 398 valence electrons. The summed E-state index contributed by atoms with van der Waals surface area (Å²) >= 11 is 0. The number of aromatic hydroxyl groups is 1. The van der Waals surface area contributed by atoms with Gasteiger partial charge in [-0.05, 0) is 109 Å². The summed E-state index contributed by atoms with van der Waals surface area (Å²) in [4.78, 5) is 51.5. The summed E-state index contributed by atoms with van der Waals surface area (Å²) in [6.07, 6.45) is 2.56. The Morgan fingerprint density at radius 3 is 1.77 bits per heavy atom. The fraction of sp³-hybridized carbons (Fsp3) is 0.270. The minimum absolute atomic E-state index is 0.0429. The van der Waals surface area contributed by atoms with Crippen LogP contribution in [0.25, 0.3) is 44.2 Å². The second-order valence-corrected chi connectivity index (χ2v) is 18.4. The number of rotatable bonds is 26. The lowest BCUT2D eigenvalue weighted by molar-refractivity contribution is -0.144. The van der Waals surface area contributed by atoms with Crippen LogP contribution in [0.2, 0.25) is 0 Å². The van der Waals surface area contributed by atoms with E-state index in [1.807, 2.05) is 99.6 Å². The summed E-state index contributed by atoms with van der Waals surface area (Å²) in [5.74, 6) is 0.155. The van der Waals surface area contributed by atoms with Gasteiger partial charge in [0.2, 0.25) is 5.43 Å². The Kier molecular flexibility index (Phi) is 18.1. The van der Waals surface area contributed by atoms with Gasteiger partial charge >= 0.3 is 17.9 Å². The van der Waals surface area contributed by atoms with Crippen molar-refractivity contribution in [2.45, 2.75) is 85.2 Å². The van der Waals surface area contributed by atoms with Crippen LogP contribution in [-0.4, -0.2) is 65.8 Å². The van der Waals surface area contributed by atoms with Crippen molar-refractivity contribution in [3.63, 3.8) is 0 Å². The van der Waals surface area contributed by atoms with Gasteiger partial charge in [-0.25, -0.2) is 9.59 Å². The number of esters is 1. The number of hydrogen-bond donors (Lipinski definition) is 3. The number of benzene rings is 7. The first-order valence-electron chi connectivity index (χ1n) is 26.0. The number of fused-ring (bicyclic) bond motifs is 2. The highest BCUT2D eigenvalue weighted by Crippen LogP contribution is 2.39. The van der Waals surface area contributed by atoms with Crippen molar-refractivity contribution in [1.29, 1.82) is 0 Å². The van der Waals surface area contributed by atoms with E-state index in [4.69, 9.17) is 32.8 Å². The highest BCUT2D eigenvalue weighted by Gasteiger charge is 2.22. The number of carboxylic acid groups (broad SMARTS) is 2. The fourth-order valence-electron chi connectivity index (χ4n) is 9.06. The molecular weight excluding hydrogens is 981 g/mol. The van der Waals surface area contributed by atoms with Gasteiger partial charge in [0.1, 0.15) is 51.4 Å². The molecule has 1 atom stereocenters. The number of aromatic carboxylic acids is 1. The number of phenols is 1. The van der Waals surface area contributed by atoms with Crippen LogP contribution in [0.1, 0.15) is 86.0 Å². The van der Waals surface area contributed by atoms with Crippen LogP contribution in [-0.2, 0) is 35.3 Å². The molecule has 0 radical (unpaired) electrons. The molecule has 8 rings (SSSR count). The van der Waals surface area contributed by atoms with Gasteiger partial charge in [-0.2, -0.15) is 0 Å². The lowest BCUT2D eigenvalue weighted by Crippen LogP contribution is -2.23. The molecule has 0 spiro atoms. The average Bonchev–Trinajstić information content (AvgIpc) is 3.46. The van der Waals surface area contributed by atoms with Crippen LogP contribution >= 0.6 is 0 Å². The summed E-state index contributed by atoms with van der Waals surface area (Å²) in [7, 11) is 0. The Labute approximate surface area is 446 Å². The van der Waals surface area contributed by atoms with Crippen molar-refractivity contribution in [3.05, 3.63) is 172 Å². The van der Waals surface area contributed by atoms with E-state index in [2.05, 4.69) is 0 Å². The van der Waals surface area contributed by atoms with Gasteiger partial charge < -0.3 is 48.2 Å². The zero-order valence-electron chi connectivity index (χ0n) is 43.6.